The van der Waals surface area contributed by atoms with E-state index >= 15 is 0 Å². The molecule has 0 spiro atoms. The van der Waals surface area contributed by atoms with Gasteiger partial charge < -0.3 is 14.8 Å². The van der Waals surface area contributed by atoms with Gasteiger partial charge in [0.15, 0.2) is 6.21 Å². The minimum absolute atomic E-state index is 0.115. The van der Waals surface area contributed by atoms with Gasteiger partial charge >= 0.3 is 12.1 Å². The average molecular weight is 424 g/mol. The van der Waals surface area contributed by atoms with E-state index in [0.717, 1.165) is 23.3 Å². The molecule has 0 saturated carbocycles. The minimum atomic E-state index is -4.43. The van der Waals surface area contributed by atoms with Gasteiger partial charge in [0.2, 0.25) is 0 Å². The van der Waals surface area contributed by atoms with Crippen LogP contribution in [0.4, 0.5) is 13.2 Å². The Hall–Kier alpha value is -3.10. The van der Waals surface area contributed by atoms with Gasteiger partial charge in [0.25, 0.3) is 0 Å². The molecule has 0 atom stereocenters. The number of hydrogen-bond donors (Lipinski definition) is 1. The Morgan fingerprint density at radius 3 is 2.30 bits per heavy atom. The summed E-state index contributed by atoms with van der Waals surface area (Å²) in [6, 6.07) is 4.89. The fourth-order valence-corrected chi connectivity index (χ4v) is 2.88. The van der Waals surface area contributed by atoms with Crippen molar-refractivity contribution in [3.8, 4) is 0 Å². The zero-order chi connectivity index (χ0) is 22.3. The van der Waals surface area contributed by atoms with E-state index in [1.165, 1.54) is 23.3 Å². The van der Waals surface area contributed by atoms with Gasteiger partial charge in [0, 0.05) is 0 Å². The Morgan fingerprint density at radius 2 is 1.73 bits per heavy atom. The minimum Gasteiger partial charge on any atom is -0.477 e. The van der Waals surface area contributed by atoms with Crippen LogP contribution in [0.25, 0.3) is 0 Å². The maximum absolute atomic E-state index is 12.9. The molecule has 162 valence electrons. The molecule has 30 heavy (non-hydrogen) atoms. The zero-order valence-corrected chi connectivity index (χ0v) is 16.9. The molecule has 1 N–H and O–H groups in total. The third kappa shape index (κ3) is 6.75. The first-order valence-corrected chi connectivity index (χ1v) is 9.15. The van der Waals surface area contributed by atoms with E-state index in [1.54, 1.807) is 6.92 Å². The summed E-state index contributed by atoms with van der Waals surface area (Å²) in [5.74, 6) is -1.21. The molecule has 0 aromatic heterocycles. The number of allylic oxidation sites excluding steroid dienone is 2. The number of carboxylic acids is 1. The summed E-state index contributed by atoms with van der Waals surface area (Å²) in [7, 11) is 0. The van der Waals surface area contributed by atoms with E-state index in [0.29, 0.717) is 30.3 Å². The summed E-state index contributed by atoms with van der Waals surface area (Å²) in [5.41, 5.74) is 4.10. The second-order valence-corrected chi connectivity index (χ2v) is 7.00. The number of hydrogen-bond acceptors (Lipinski definition) is 5. The smallest absolute Gasteiger partial charge is 0.416 e. The van der Waals surface area contributed by atoms with Gasteiger partial charge in [-0.1, -0.05) is 33.6 Å². The van der Waals surface area contributed by atoms with E-state index in [-0.39, 0.29) is 13.2 Å². The molecular weight excluding hydrogens is 401 g/mol. The molecule has 1 aromatic carbocycles. The molecule has 0 bridgehead atoms. The lowest BCUT2D eigenvalue weighted by atomic mass is 9.88. The molecule has 0 radical (unpaired) electrons. The second-order valence-electron chi connectivity index (χ2n) is 7.00. The number of alkyl halides is 3. The summed E-state index contributed by atoms with van der Waals surface area (Å²) in [4.78, 5) is 20.9. The van der Waals surface area contributed by atoms with Crippen molar-refractivity contribution in [3.63, 3.8) is 0 Å². The van der Waals surface area contributed by atoms with Crippen molar-refractivity contribution in [2.75, 3.05) is 13.2 Å². The molecule has 0 unspecified atom stereocenters. The fourth-order valence-electron chi connectivity index (χ4n) is 2.88. The highest BCUT2D eigenvalue weighted by Gasteiger charge is 2.30. The fraction of sp³-hybridized carbons (Fsp3) is 0.381. The number of benzene rings is 1. The molecule has 1 aromatic rings. The SMILES string of the molecule is CC1=C(C)CC(CO/N=C/C(=O)O)=C(CO/N=C(/C)c2cccc(C(F)(F)F)c2)C1. The van der Waals surface area contributed by atoms with Crippen molar-refractivity contribution >= 4 is 17.9 Å². The van der Waals surface area contributed by atoms with Gasteiger partial charge in [-0.15, -0.1) is 0 Å². The summed E-state index contributed by atoms with van der Waals surface area (Å²) < 4.78 is 38.6. The Kier molecular flexibility index (Phi) is 7.79. The van der Waals surface area contributed by atoms with Crippen molar-refractivity contribution in [1.82, 2.24) is 0 Å². The maximum Gasteiger partial charge on any atom is 0.416 e. The van der Waals surface area contributed by atoms with Crippen molar-refractivity contribution in [3.05, 3.63) is 57.7 Å². The molecule has 6 nitrogen and oxygen atoms in total. The number of aliphatic carboxylic acids is 1. The van der Waals surface area contributed by atoms with Crippen LogP contribution in [-0.4, -0.2) is 36.2 Å². The predicted molar refractivity (Wildman–Crippen MR) is 106 cm³/mol. The van der Waals surface area contributed by atoms with Crippen LogP contribution in [0.1, 0.15) is 44.7 Å². The average Bonchev–Trinajstić information content (AvgIpc) is 2.67. The number of oxime groups is 2. The number of carbonyl (C=O) groups is 1. The first kappa shape index (κ1) is 23.2. The third-order valence-corrected chi connectivity index (χ3v) is 4.71. The quantitative estimate of drug-likeness (QED) is 0.363. The van der Waals surface area contributed by atoms with Crippen molar-refractivity contribution in [1.29, 1.82) is 0 Å². The molecular formula is C21H23F3N2O4. The molecule has 0 fully saturated rings. The van der Waals surface area contributed by atoms with E-state index in [2.05, 4.69) is 10.3 Å². The van der Waals surface area contributed by atoms with Crippen LogP contribution in [0.2, 0.25) is 0 Å². The highest BCUT2D eigenvalue weighted by molar-refractivity contribution is 6.21. The zero-order valence-electron chi connectivity index (χ0n) is 16.9. The molecule has 2 rings (SSSR count). The molecule has 9 heteroatoms. The number of nitrogens with zero attached hydrogens (tertiary/aromatic N) is 2. The van der Waals surface area contributed by atoms with Gasteiger partial charge in [-0.2, -0.15) is 13.2 Å². The predicted octanol–water partition coefficient (Wildman–Crippen LogP) is 4.96. The first-order chi connectivity index (χ1) is 14.1. The van der Waals surface area contributed by atoms with Crippen LogP contribution in [0.15, 0.2) is 56.9 Å². The highest BCUT2D eigenvalue weighted by Crippen LogP contribution is 2.31. The number of carboxylic acid groups (broad SMARTS) is 1. The van der Waals surface area contributed by atoms with E-state index in [1.807, 2.05) is 13.8 Å². The maximum atomic E-state index is 12.9. The van der Waals surface area contributed by atoms with Crippen LogP contribution in [0.3, 0.4) is 0 Å². The van der Waals surface area contributed by atoms with Crippen molar-refractivity contribution in [2.45, 2.75) is 39.8 Å². The molecule has 1 aliphatic carbocycles. The summed E-state index contributed by atoms with van der Waals surface area (Å²) >= 11 is 0. The van der Waals surface area contributed by atoms with Gasteiger partial charge in [-0.05, 0) is 62.5 Å². The normalized spacial score (nSPS) is 15.7. The Balaban J connectivity index is 2.08. The Morgan fingerprint density at radius 1 is 1.13 bits per heavy atom. The van der Waals surface area contributed by atoms with Gasteiger partial charge in [0.05, 0.1) is 11.3 Å². The first-order valence-electron chi connectivity index (χ1n) is 9.15. The van der Waals surface area contributed by atoms with E-state index < -0.39 is 17.7 Å². The summed E-state index contributed by atoms with van der Waals surface area (Å²) in [5, 5.41) is 15.9. The molecule has 0 saturated heterocycles. The second kappa shape index (κ2) is 10.1. The number of rotatable bonds is 8. The topological polar surface area (TPSA) is 80.5 Å². The molecule has 0 aliphatic heterocycles. The lowest BCUT2D eigenvalue weighted by molar-refractivity contribution is -0.137. The number of halogens is 3. The lowest BCUT2D eigenvalue weighted by Crippen LogP contribution is -2.11. The molecule has 0 heterocycles. The Bertz CT molecular complexity index is 915. The summed E-state index contributed by atoms with van der Waals surface area (Å²) in [6.45, 7) is 5.84. The van der Waals surface area contributed by atoms with Crippen molar-refractivity contribution in [2.24, 2.45) is 10.3 Å². The van der Waals surface area contributed by atoms with Crippen molar-refractivity contribution < 1.29 is 32.7 Å². The third-order valence-electron chi connectivity index (χ3n) is 4.71. The van der Waals surface area contributed by atoms with Crippen LogP contribution in [0, 0.1) is 0 Å². The molecule has 0 amide bonds. The van der Waals surface area contributed by atoms with Crippen LogP contribution < -0.4 is 0 Å². The lowest BCUT2D eigenvalue weighted by Gasteiger charge is -2.21. The Labute approximate surface area is 172 Å². The van der Waals surface area contributed by atoms with Crippen LogP contribution in [-0.2, 0) is 20.6 Å². The highest BCUT2D eigenvalue weighted by atomic mass is 19.4. The molecule has 1 aliphatic rings. The largest absolute Gasteiger partial charge is 0.477 e. The monoisotopic (exact) mass is 424 g/mol. The summed E-state index contributed by atoms with van der Waals surface area (Å²) in [6.07, 6.45) is -2.48. The van der Waals surface area contributed by atoms with E-state index in [9.17, 15) is 18.0 Å². The van der Waals surface area contributed by atoms with Gasteiger partial charge in [0.1, 0.15) is 13.2 Å². The van der Waals surface area contributed by atoms with Crippen LogP contribution >= 0.6 is 0 Å². The van der Waals surface area contributed by atoms with Crippen LogP contribution in [0.5, 0.6) is 0 Å². The van der Waals surface area contributed by atoms with Gasteiger partial charge in [-0.25, -0.2) is 4.79 Å². The van der Waals surface area contributed by atoms with Gasteiger partial charge in [-0.3, -0.25) is 0 Å². The van der Waals surface area contributed by atoms with E-state index in [4.69, 9.17) is 14.8 Å². The standard InChI is InChI=1S/C21H23F3N2O4/c1-13-7-17(11-29-25-10-20(27)28)18(8-14(13)2)12-30-26-15(3)16-5-4-6-19(9-16)21(22,23)24/h4-6,9-10H,7-8,11-12H2,1-3H3,(H,27,28)/b25-10+,26-15-.